The number of aromatic nitrogens is 1. The highest BCUT2D eigenvalue weighted by Crippen LogP contribution is 2.25. The van der Waals surface area contributed by atoms with E-state index in [2.05, 4.69) is 11.1 Å². The van der Waals surface area contributed by atoms with Gasteiger partial charge in [-0.1, -0.05) is 11.6 Å². The van der Waals surface area contributed by atoms with Crippen LogP contribution < -0.4 is 0 Å². The fourth-order valence-corrected chi connectivity index (χ4v) is 1.83. The topological polar surface area (TPSA) is 30.0 Å². The second-order valence-corrected chi connectivity index (χ2v) is 4.03. The van der Waals surface area contributed by atoms with Crippen molar-refractivity contribution in [1.29, 1.82) is 0 Å². The highest BCUT2D eigenvalue weighted by molar-refractivity contribution is 7.13. The highest BCUT2D eigenvalue weighted by atomic mass is 32.1. The Hall–Kier alpha value is -0.960. The van der Waals surface area contributed by atoms with E-state index in [0.29, 0.717) is 0 Å². The summed E-state index contributed by atoms with van der Waals surface area (Å²) in [6.45, 7) is 1.58. The first kappa shape index (κ1) is 7.68. The maximum Gasteiger partial charge on any atom is 0.171 e. The minimum Gasteiger partial charge on any atom is -0.294 e. The van der Waals surface area contributed by atoms with Crippen molar-refractivity contribution in [2.75, 3.05) is 0 Å². The van der Waals surface area contributed by atoms with Crippen LogP contribution in [0.2, 0.25) is 0 Å². The molecule has 12 heavy (non-hydrogen) atoms. The molecule has 2 rings (SSSR count). The van der Waals surface area contributed by atoms with E-state index in [1.54, 1.807) is 13.1 Å². The number of hydrogen-bond donors (Lipinski definition) is 0. The molecular formula is C9H9NOS. The number of nitrogens with zero attached hydrogens (tertiary/aromatic N) is 1. The number of ketones is 1. The van der Waals surface area contributed by atoms with Crippen LogP contribution in [-0.4, -0.2) is 10.8 Å². The van der Waals surface area contributed by atoms with E-state index < -0.39 is 0 Å². The van der Waals surface area contributed by atoms with E-state index in [4.69, 9.17) is 0 Å². The second-order valence-electron chi connectivity index (χ2n) is 2.92. The van der Waals surface area contributed by atoms with E-state index in [0.717, 1.165) is 22.7 Å². The molecular weight excluding hydrogens is 170 g/mol. The van der Waals surface area contributed by atoms with Gasteiger partial charge >= 0.3 is 0 Å². The number of carbonyl (C=O) groups is 1. The molecule has 3 heteroatoms. The Morgan fingerprint density at radius 3 is 3.00 bits per heavy atom. The van der Waals surface area contributed by atoms with E-state index in [1.807, 2.05) is 0 Å². The second kappa shape index (κ2) is 2.83. The van der Waals surface area contributed by atoms with Crippen molar-refractivity contribution in [2.45, 2.75) is 19.8 Å². The van der Waals surface area contributed by atoms with E-state index >= 15 is 0 Å². The number of carbonyl (C=O) groups excluding carboxylic acids is 1. The molecule has 1 aliphatic rings. The smallest absolute Gasteiger partial charge is 0.171 e. The molecule has 2 nitrogen and oxygen atoms in total. The van der Waals surface area contributed by atoms with Gasteiger partial charge in [-0.2, -0.15) is 0 Å². The highest BCUT2D eigenvalue weighted by Gasteiger charge is 2.11. The molecule has 1 heterocycles. The largest absolute Gasteiger partial charge is 0.294 e. The van der Waals surface area contributed by atoms with Crippen molar-refractivity contribution in [2.24, 2.45) is 0 Å². The van der Waals surface area contributed by atoms with Gasteiger partial charge in [-0.15, -0.1) is 11.3 Å². The fourth-order valence-electron chi connectivity index (χ4n) is 0.965. The molecule has 0 amide bonds. The van der Waals surface area contributed by atoms with Crippen LogP contribution in [0.5, 0.6) is 0 Å². The van der Waals surface area contributed by atoms with Crippen molar-refractivity contribution < 1.29 is 4.79 Å². The zero-order valence-electron chi connectivity index (χ0n) is 6.83. The summed E-state index contributed by atoms with van der Waals surface area (Å²) >= 11 is 1.51. The summed E-state index contributed by atoms with van der Waals surface area (Å²) < 4.78 is 0. The standard InChI is InChI=1S/C9H9NOS/c1-6(11)8-5-10-9(12-8)4-7-2-3-7/h2,5H,3-4H2,1H3. The zero-order valence-corrected chi connectivity index (χ0v) is 7.65. The summed E-state index contributed by atoms with van der Waals surface area (Å²) in [5.74, 6) is 0.114. The number of thiazole rings is 1. The molecule has 0 bridgehead atoms. The predicted molar refractivity (Wildman–Crippen MR) is 48.5 cm³/mol. The molecule has 1 aromatic rings. The minimum atomic E-state index is 0.114. The normalized spacial score (nSPS) is 14.2. The van der Waals surface area contributed by atoms with Gasteiger partial charge in [-0.3, -0.25) is 4.79 Å². The molecule has 0 saturated heterocycles. The van der Waals surface area contributed by atoms with Gasteiger partial charge in [0, 0.05) is 19.5 Å². The molecule has 0 spiro atoms. The molecule has 0 radical (unpaired) electrons. The van der Waals surface area contributed by atoms with Gasteiger partial charge in [-0.25, -0.2) is 4.98 Å². The van der Waals surface area contributed by atoms with Gasteiger partial charge in [0.25, 0.3) is 0 Å². The summed E-state index contributed by atoms with van der Waals surface area (Å²) in [6.07, 6.45) is 5.94. The van der Waals surface area contributed by atoms with Crippen LogP contribution in [0, 0.1) is 0 Å². The number of hydrogen-bond acceptors (Lipinski definition) is 3. The maximum atomic E-state index is 10.9. The first-order valence-corrected chi connectivity index (χ1v) is 4.71. The van der Waals surface area contributed by atoms with Crippen LogP contribution in [0.3, 0.4) is 0 Å². The van der Waals surface area contributed by atoms with Crippen LogP contribution in [-0.2, 0) is 6.42 Å². The van der Waals surface area contributed by atoms with Crippen molar-refractivity contribution >= 4 is 17.1 Å². The fraction of sp³-hybridized carbons (Fsp3) is 0.333. The predicted octanol–water partition coefficient (Wildman–Crippen LogP) is 2.22. The Morgan fingerprint density at radius 2 is 2.50 bits per heavy atom. The Morgan fingerprint density at radius 1 is 1.75 bits per heavy atom. The van der Waals surface area contributed by atoms with Gasteiger partial charge in [0.1, 0.15) is 0 Å². The minimum absolute atomic E-state index is 0.114. The third kappa shape index (κ3) is 1.61. The Balaban J connectivity index is 2.12. The molecule has 0 N–H and O–H groups in total. The summed E-state index contributed by atoms with van der Waals surface area (Å²) in [6, 6.07) is 0. The van der Waals surface area contributed by atoms with Crippen LogP contribution in [0.15, 0.2) is 17.8 Å². The molecule has 0 unspecified atom stereocenters. The molecule has 62 valence electrons. The molecule has 1 aliphatic carbocycles. The Labute approximate surface area is 74.9 Å². The first-order chi connectivity index (χ1) is 5.75. The molecule has 0 saturated carbocycles. The van der Waals surface area contributed by atoms with Crippen LogP contribution in [0.4, 0.5) is 0 Å². The van der Waals surface area contributed by atoms with Crippen LogP contribution in [0.25, 0.3) is 0 Å². The summed E-state index contributed by atoms with van der Waals surface area (Å²) in [4.78, 5) is 15.9. The third-order valence-corrected chi connectivity index (χ3v) is 2.87. The van der Waals surface area contributed by atoms with Crippen LogP contribution >= 0.6 is 11.3 Å². The van der Waals surface area contributed by atoms with Crippen molar-refractivity contribution in [1.82, 2.24) is 4.98 Å². The van der Waals surface area contributed by atoms with E-state index in [1.165, 1.54) is 16.9 Å². The molecule has 1 aromatic heterocycles. The molecule has 0 aliphatic heterocycles. The number of Topliss-reactive ketones (excluding diaryl/α,β-unsaturated/α-hetero) is 1. The average Bonchev–Trinajstić information content (AvgIpc) is 2.66. The summed E-state index contributed by atoms with van der Waals surface area (Å²) in [5, 5.41) is 1.06. The SMILES string of the molecule is CC(=O)c1cnc(CC2=CC2)s1. The van der Waals surface area contributed by atoms with Gasteiger partial charge in [0.15, 0.2) is 5.78 Å². The van der Waals surface area contributed by atoms with Gasteiger partial charge in [-0.05, 0) is 6.42 Å². The Bertz CT molecular complexity index is 351. The summed E-state index contributed by atoms with van der Waals surface area (Å²) in [7, 11) is 0. The lowest BCUT2D eigenvalue weighted by Gasteiger charge is -1.85. The summed E-state index contributed by atoms with van der Waals surface area (Å²) in [5.41, 5.74) is 1.44. The quantitative estimate of drug-likeness (QED) is 0.526. The van der Waals surface area contributed by atoms with Gasteiger partial charge in [0.2, 0.25) is 0 Å². The van der Waals surface area contributed by atoms with Crippen molar-refractivity contribution in [3.05, 3.63) is 27.7 Å². The van der Waals surface area contributed by atoms with Gasteiger partial charge in [0.05, 0.1) is 9.88 Å². The molecule has 0 aromatic carbocycles. The maximum absolute atomic E-state index is 10.9. The lowest BCUT2D eigenvalue weighted by Crippen LogP contribution is -1.83. The number of allylic oxidation sites excluding steroid dienone is 2. The van der Waals surface area contributed by atoms with Gasteiger partial charge < -0.3 is 0 Å². The molecule has 0 atom stereocenters. The van der Waals surface area contributed by atoms with E-state index in [-0.39, 0.29) is 5.78 Å². The zero-order chi connectivity index (χ0) is 8.55. The lowest BCUT2D eigenvalue weighted by atomic mass is 10.3. The lowest BCUT2D eigenvalue weighted by molar-refractivity contribution is 0.102. The first-order valence-electron chi connectivity index (χ1n) is 3.89. The monoisotopic (exact) mass is 179 g/mol. The van der Waals surface area contributed by atoms with Crippen molar-refractivity contribution in [3.8, 4) is 0 Å². The Kier molecular flexibility index (Phi) is 1.81. The number of rotatable bonds is 3. The third-order valence-electron chi connectivity index (χ3n) is 1.77. The average molecular weight is 179 g/mol. The van der Waals surface area contributed by atoms with Crippen molar-refractivity contribution in [3.63, 3.8) is 0 Å². The van der Waals surface area contributed by atoms with E-state index in [9.17, 15) is 4.79 Å². The molecule has 0 fully saturated rings. The van der Waals surface area contributed by atoms with Crippen LogP contribution in [0.1, 0.15) is 28.0 Å².